The topological polar surface area (TPSA) is 131 Å². The number of amides is 1. The van der Waals surface area contributed by atoms with E-state index in [9.17, 15) is 24.2 Å². The Morgan fingerprint density at radius 3 is 1.92 bits per heavy atom. The number of halogens is 1. The van der Waals surface area contributed by atoms with Crippen molar-refractivity contribution in [2.75, 3.05) is 6.16 Å². The molecule has 9 heteroatoms. The van der Waals surface area contributed by atoms with Crippen molar-refractivity contribution in [1.29, 1.82) is 0 Å². The highest BCUT2D eigenvalue weighted by Gasteiger charge is 2.37. The fourth-order valence-corrected chi connectivity index (χ4v) is 5.83. The quantitative estimate of drug-likeness (QED) is 0.230. The van der Waals surface area contributed by atoms with Crippen LogP contribution in [0, 0.1) is 5.92 Å². The van der Waals surface area contributed by atoms with E-state index in [1.165, 1.54) is 0 Å². The Morgan fingerprint density at radius 2 is 1.38 bits per heavy atom. The Morgan fingerprint density at radius 1 is 0.865 bits per heavy atom. The first-order chi connectivity index (χ1) is 17.2. The Kier molecular flexibility index (Phi) is 11.7. The summed E-state index contributed by atoms with van der Waals surface area (Å²) in [4.78, 5) is 35.6. The van der Waals surface area contributed by atoms with Crippen LogP contribution in [0.15, 0.2) is 84.9 Å². The highest BCUT2D eigenvalue weighted by molar-refractivity contribution is 7.58. The van der Waals surface area contributed by atoms with Gasteiger partial charge >= 0.3 is 5.97 Å². The van der Waals surface area contributed by atoms with Gasteiger partial charge in [-0.25, -0.2) is 4.79 Å². The fourth-order valence-electron chi connectivity index (χ4n) is 4.11. The van der Waals surface area contributed by atoms with Crippen LogP contribution in [0.4, 0.5) is 0 Å². The highest BCUT2D eigenvalue weighted by Crippen LogP contribution is 2.46. The number of carboxylic acid groups (broad SMARTS) is 1. The van der Waals surface area contributed by atoms with Gasteiger partial charge in [0.25, 0.3) is 7.37 Å². The normalized spacial score (nSPS) is 14.9. The zero-order valence-corrected chi connectivity index (χ0v) is 23.3. The molecule has 7 nitrogen and oxygen atoms in total. The van der Waals surface area contributed by atoms with Crippen LogP contribution < -0.4 is 28.0 Å². The third-order valence-electron chi connectivity index (χ3n) is 6.30. The molecule has 37 heavy (non-hydrogen) atoms. The van der Waals surface area contributed by atoms with Crippen molar-refractivity contribution < 1.29 is 46.9 Å². The fraction of sp³-hybridized carbons (Fsp3) is 0.286. The zero-order chi connectivity index (χ0) is 26.1. The van der Waals surface area contributed by atoms with Gasteiger partial charge in [-0.3, -0.25) is 9.36 Å². The molecule has 0 saturated heterocycles. The molecule has 0 bridgehead atoms. The summed E-state index contributed by atoms with van der Waals surface area (Å²) in [6.07, 6.45) is 0.444. The molecule has 0 radical (unpaired) electrons. The number of carbonyl (C=O) groups is 2. The molecule has 3 aromatic carbocycles. The molecule has 0 fully saturated rings. The van der Waals surface area contributed by atoms with E-state index in [0.717, 1.165) is 22.3 Å². The van der Waals surface area contributed by atoms with Gasteiger partial charge in [0.1, 0.15) is 6.04 Å². The third kappa shape index (κ3) is 8.93. The molecule has 0 aliphatic rings. The first-order valence-corrected chi connectivity index (χ1v) is 14.0. The van der Waals surface area contributed by atoms with Gasteiger partial charge in [-0.1, -0.05) is 91.9 Å². The summed E-state index contributed by atoms with van der Waals surface area (Å²) < 4.78 is 13.3. The standard InChI is InChI=1S/C28H33N2O5P.BrH/c1-2-25(28(32)33)30-27(31)24(19-36(34,35)26(29)18-20-9-5-3-6-10-20)17-21-13-15-23(16-14-21)22-11-7-4-8-12-22;/h3-16,24-26H,2,17-19,29H2,1H3,(H,30,31)(H,32,33)(H,34,35);1H/t24-,25+,26-;/m1./s1. The van der Waals surface area contributed by atoms with Crippen LogP contribution in [0.1, 0.15) is 24.5 Å². The van der Waals surface area contributed by atoms with E-state index in [2.05, 4.69) is 11.1 Å². The first-order valence-electron chi connectivity index (χ1n) is 12.1. The van der Waals surface area contributed by atoms with Crippen LogP contribution in [-0.2, 0) is 27.0 Å². The molecular formula is C28H34BrN2O5P. The molecule has 0 aliphatic carbocycles. The first kappa shape index (κ1) is 30.5. The van der Waals surface area contributed by atoms with Crippen molar-refractivity contribution >= 4 is 19.2 Å². The highest BCUT2D eigenvalue weighted by atomic mass is 79.9. The minimum absolute atomic E-state index is 0. The number of quaternary nitrogens is 1. The smallest absolute Gasteiger partial charge is 0.326 e. The lowest BCUT2D eigenvalue weighted by Gasteiger charge is -2.24. The van der Waals surface area contributed by atoms with Crippen molar-refractivity contribution in [1.82, 2.24) is 5.32 Å². The van der Waals surface area contributed by atoms with E-state index in [1.807, 2.05) is 84.9 Å². The van der Waals surface area contributed by atoms with Crippen molar-refractivity contribution in [2.24, 2.45) is 5.92 Å². The van der Waals surface area contributed by atoms with Crippen LogP contribution in [0.5, 0.6) is 0 Å². The van der Waals surface area contributed by atoms with Crippen LogP contribution >= 0.6 is 7.37 Å². The summed E-state index contributed by atoms with van der Waals surface area (Å²) in [5.74, 6) is -3.35. The lowest BCUT2D eigenvalue weighted by atomic mass is 9.97. The number of carboxylic acids is 1. The van der Waals surface area contributed by atoms with Crippen LogP contribution in [0.2, 0.25) is 0 Å². The number of hydrogen-bond acceptors (Lipinski definition) is 3. The molecule has 0 aliphatic heterocycles. The third-order valence-corrected chi connectivity index (χ3v) is 8.59. The molecule has 3 rings (SSSR count). The van der Waals surface area contributed by atoms with Crippen LogP contribution in [0.3, 0.4) is 0 Å². The monoisotopic (exact) mass is 588 g/mol. The number of hydrogen-bond donors (Lipinski definition) is 4. The number of nitrogens with one attached hydrogen (secondary N) is 1. The number of carbonyl (C=O) groups excluding carboxylic acids is 1. The summed E-state index contributed by atoms with van der Waals surface area (Å²) in [6, 6.07) is 25.8. The molecule has 1 unspecified atom stereocenters. The molecule has 0 aromatic heterocycles. The number of aliphatic carboxylic acids is 1. The zero-order valence-electron chi connectivity index (χ0n) is 20.8. The van der Waals surface area contributed by atoms with Crippen molar-refractivity contribution in [3.8, 4) is 11.1 Å². The van der Waals surface area contributed by atoms with Gasteiger partial charge in [0.15, 0.2) is 5.78 Å². The van der Waals surface area contributed by atoms with E-state index in [-0.39, 0.29) is 36.0 Å². The lowest BCUT2D eigenvalue weighted by molar-refractivity contribution is -0.391. The largest absolute Gasteiger partial charge is 1.00 e. The van der Waals surface area contributed by atoms with E-state index in [0.29, 0.717) is 6.42 Å². The average Bonchev–Trinajstić information content (AvgIpc) is 2.88. The molecular weight excluding hydrogens is 555 g/mol. The van der Waals surface area contributed by atoms with E-state index in [4.69, 9.17) is 0 Å². The maximum absolute atomic E-state index is 13.3. The molecule has 1 amide bonds. The number of rotatable bonds is 12. The minimum Gasteiger partial charge on any atom is -1.00 e. The molecule has 198 valence electrons. The molecule has 0 heterocycles. The molecule has 0 saturated carbocycles. The van der Waals surface area contributed by atoms with Gasteiger partial charge in [-0.15, -0.1) is 0 Å². The molecule has 4 atom stereocenters. The molecule has 6 N–H and O–H groups in total. The summed E-state index contributed by atoms with van der Waals surface area (Å²) in [7, 11) is -3.85. The van der Waals surface area contributed by atoms with E-state index in [1.54, 1.807) is 6.92 Å². The Labute approximate surface area is 228 Å². The van der Waals surface area contributed by atoms with Crippen molar-refractivity contribution in [3.63, 3.8) is 0 Å². The van der Waals surface area contributed by atoms with E-state index < -0.39 is 37.0 Å². The Hall–Kier alpha value is -2.77. The second-order valence-electron chi connectivity index (χ2n) is 9.05. The van der Waals surface area contributed by atoms with Crippen LogP contribution in [0.25, 0.3) is 11.1 Å². The predicted molar refractivity (Wildman–Crippen MR) is 140 cm³/mol. The lowest BCUT2D eigenvalue weighted by Crippen LogP contribution is -3.00. The van der Waals surface area contributed by atoms with Gasteiger partial charge in [0, 0.05) is 12.6 Å². The second-order valence-corrected chi connectivity index (χ2v) is 11.7. The maximum Gasteiger partial charge on any atom is 0.326 e. The van der Waals surface area contributed by atoms with E-state index >= 15 is 0 Å². The summed E-state index contributed by atoms with van der Waals surface area (Å²) in [5.41, 5.74) is 7.73. The van der Waals surface area contributed by atoms with Crippen molar-refractivity contribution in [2.45, 2.75) is 38.0 Å². The predicted octanol–water partition coefficient (Wildman–Crippen LogP) is 0.577. The second kappa shape index (κ2) is 14.2. The number of benzene rings is 3. The van der Waals surface area contributed by atoms with Gasteiger partial charge < -0.3 is 38.0 Å². The summed E-state index contributed by atoms with van der Waals surface area (Å²) in [6.45, 7) is 1.67. The summed E-state index contributed by atoms with van der Waals surface area (Å²) >= 11 is 0. The molecule has 0 spiro atoms. The minimum atomic E-state index is -3.85. The summed E-state index contributed by atoms with van der Waals surface area (Å²) in [5, 5.41) is 11.9. The Balaban J connectivity index is 0.00000481. The molecule has 3 aromatic rings. The average molecular weight is 589 g/mol. The Bertz CT molecular complexity index is 1190. The van der Waals surface area contributed by atoms with Crippen LogP contribution in [-0.4, -0.2) is 39.9 Å². The van der Waals surface area contributed by atoms with Gasteiger partial charge in [0.2, 0.25) is 5.91 Å². The SMILES string of the molecule is CC[C@H](NC(=O)[C@H](Cc1ccc(-c2ccccc2)cc1)CP(=O)(O)[C@@H]([NH3+])Cc1ccccc1)C(=O)O.[Br-]. The van der Waals surface area contributed by atoms with Gasteiger partial charge in [0.05, 0.1) is 5.92 Å². The maximum atomic E-state index is 13.3. The van der Waals surface area contributed by atoms with Gasteiger partial charge in [-0.05, 0) is 35.1 Å². The van der Waals surface area contributed by atoms with Crippen molar-refractivity contribution in [3.05, 3.63) is 96.1 Å². The van der Waals surface area contributed by atoms with Gasteiger partial charge in [-0.2, -0.15) is 0 Å².